The lowest BCUT2D eigenvalue weighted by molar-refractivity contribution is -0.111. The molecule has 0 radical (unpaired) electrons. The molecule has 1 aliphatic heterocycles. The van der Waals surface area contributed by atoms with E-state index in [0.717, 1.165) is 5.56 Å². The number of phenolic OH excluding ortho intramolecular Hbond substituents is 1. The average molecular weight is 332 g/mol. The summed E-state index contributed by atoms with van der Waals surface area (Å²) in [6, 6.07) is 9.79. The first kappa shape index (κ1) is 15.2. The molecule has 0 bridgehead atoms. The molecule has 6 heteroatoms. The Morgan fingerprint density at radius 2 is 2.04 bits per heavy atom. The minimum atomic E-state index is -0.318. The van der Waals surface area contributed by atoms with E-state index in [0.29, 0.717) is 35.4 Å². The van der Waals surface area contributed by atoms with Gasteiger partial charge < -0.3 is 19.9 Å². The first-order valence-corrected chi connectivity index (χ1v) is 7.37. The summed E-state index contributed by atoms with van der Waals surface area (Å²) in [5.74, 6) is 0.864. The Kier molecular flexibility index (Phi) is 4.39. The van der Waals surface area contributed by atoms with Crippen LogP contribution < -0.4 is 14.8 Å². The predicted molar refractivity (Wildman–Crippen MR) is 88.2 cm³/mol. The number of ether oxygens (including phenoxy) is 2. The van der Waals surface area contributed by atoms with Crippen molar-refractivity contribution < 1.29 is 19.4 Å². The molecular weight excluding hydrogens is 318 g/mol. The second-order valence-corrected chi connectivity index (χ2v) is 5.31. The van der Waals surface area contributed by atoms with Crippen LogP contribution in [0.25, 0.3) is 6.08 Å². The Bertz CT molecular complexity index is 773. The summed E-state index contributed by atoms with van der Waals surface area (Å²) >= 11 is 6.14. The Labute approximate surface area is 138 Å². The lowest BCUT2D eigenvalue weighted by atomic mass is 10.1. The van der Waals surface area contributed by atoms with Crippen LogP contribution in [0.5, 0.6) is 17.2 Å². The number of benzene rings is 2. The second-order valence-electron chi connectivity index (χ2n) is 4.90. The fraction of sp³-hybridized carbons (Fsp3) is 0.118. The van der Waals surface area contributed by atoms with Gasteiger partial charge in [-0.25, -0.2) is 0 Å². The van der Waals surface area contributed by atoms with E-state index < -0.39 is 0 Å². The van der Waals surface area contributed by atoms with Crippen molar-refractivity contribution in [1.82, 2.24) is 0 Å². The van der Waals surface area contributed by atoms with E-state index in [2.05, 4.69) is 5.32 Å². The zero-order valence-corrected chi connectivity index (χ0v) is 12.8. The van der Waals surface area contributed by atoms with Crippen LogP contribution >= 0.6 is 11.6 Å². The molecule has 2 aromatic rings. The van der Waals surface area contributed by atoms with E-state index >= 15 is 0 Å². The largest absolute Gasteiger partial charge is 0.508 e. The van der Waals surface area contributed by atoms with Crippen LogP contribution in [0.15, 0.2) is 42.5 Å². The van der Waals surface area contributed by atoms with Crippen molar-refractivity contribution in [3.63, 3.8) is 0 Å². The maximum absolute atomic E-state index is 11.9. The van der Waals surface area contributed by atoms with Crippen LogP contribution in [0.4, 0.5) is 5.69 Å². The van der Waals surface area contributed by atoms with Gasteiger partial charge in [0.25, 0.3) is 0 Å². The fourth-order valence-corrected chi connectivity index (χ4v) is 2.44. The Balaban J connectivity index is 1.72. The number of carbonyl (C=O) groups excluding carboxylic acids is 1. The van der Waals surface area contributed by atoms with Gasteiger partial charge in [-0.1, -0.05) is 17.7 Å². The highest BCUT2D eigenvalue weighted by molar-refractivity contribution is 6.32. The molecule has 1 heterocycles. The summed E-state index contributed by atoms with van der Waals surface area (Å²) in [5.41, 5.74) is 1.24. The summed E-state index contributed by atoms with van der Waals surface area (Å²) in [6.07, 6.45) is 3.01. The summed E-state index contributed by atoms with van der Waals surface area (Å²) in [5, 5.41) is 12.5. The number of nitrogens with one attached hydrogen (secondary N) is 1. The number of amides is 1. The topological polar surface area (TPSA) is 67.8 Å². The zero-order valence-electron chi connectivity index (χ0n) is 12.1. The van der Waals surface area contributed by atoms with Crippen molar-refractivity contribution in [1.29, 1.82) is 0 Å². The minimum Gasteiger partial charge on any atom is -0.508 e. The highest BCUT2D eigenvalue weighted by Crippen LogP contribution is 2.38. The van der Waals surface area contributed by atoms with E-state index in [-0.39, 0.29) is 11.7 Å². The predicted octanol–water partition coefficient (Wildman–Crippen LogP) is 3.47. The molecule has 0 saturated carbocycles. The Morgan fingerprint density at radius 1 is 1.22 bits per heavy atom. The molecule has 0 fully saturated rings. The van der Waals surface area contributed by atoms with E-state index in [9.17, 15) is 9.90 Å². The van der Waals surface area contributed by atoms with Crippen molar-refractivity contribution in [2.75, 3.05) is 18.5 Å². The number of hydrogen-bond donors (Lipinski definition) is 2. The number of fused-ring (bicyclic) bond motifs is 1. The third kappa shape index (κ3) is 3.76. The lowest BCUT2D eigenvalue weighted by Gasteiger charge is -2.19. The summed E-state index contributed by atoms with van der Waals surface area (Å²) in [6.45, 7) is 0.933. The number of aromatic hydroxyl groups is 1. The zero-order chi connectivity index (χ0) is 16.2. The highest BCUT2D eigenvalue weighted by Gasteiger charge is 2.15. The van der Waals surface area contributed by atoms with Crippen molar-refractivity contribution in [2.45, 2.75) is 0 Å². The summed E-state index contributed by atoms with van der Waals surface area (Å²) in [7, 11) is 0. The van der Waals surface area contributed by atoms with Gasteiger partial charge in [0.2, 0.25) is 5.91 Å². The minimum absolute atomic E-state index is 0.0883. The summed E-state index contributed by atoms with van der Waals surface area (Å²) < 4.78 is 10.9. The van der Waals surface area contributed by atoms with Crippen LogP contribution in [0, 0.1) is 0 Å². The molecule has 2 aromatic carbocycles. The number of anilines is 1. The quantitative estimate of drug-likeness (QED) is 0.845. The third-order valence-electron chi connectivity index (χ3n) is 3.16. The molecule has 2 N–H and O–H groups in total. The molecule has 0 spiro atoms. The molecule has 0 saturated heterocycles. The second kappa shape index (κ2) is 6.62. The van der Waals surface area contributed by atoms with Crippen LogP contribution in [0.3, 0.4) is 0 Å². The maximum atomic E-state index is 11.9. The van der Waals surface area contributed by atoms with Gasteiger partial charge in [0.05, 0.1) is 5.02 Å². The average Bonchev–Trinajstić information content (AvgIpc) is 2.53. The van der Waals surface area contributed by atoms with Gasteiger partial charge in [-0.3, -0.25) is 4.79 Å². The van der Waals surface area contributed by atoms with E-state index in [1.165, 1.54) is 18.2 Å². The van der Waals surface area contributed by atoms with Gasteiger partial charge in [0, 0.05) is 17.8 Å². The van der Waals surface area contributed by atoms with Gasteiger partial charge in [-0.05, 0) is 35.9 Å². The first-order valence-electron chi connectivity index (χ1n) is 6.99. The summed E-state index contributed by atoms with van der Waals surface area (Å²) in [4.78, 5) is 11.9. The number of rotatable bonds is 3. The number of halogens is 1. The molecule has 5 nitrogen and oxygen atoms in total. The molecule has 118 valence electrons. The molecule has 0 unspecified atom stereocenters. The van der Waals surface area contributed by atoms with Crippen LogP contribution in [0.2, 0.25) is 5.02 Å². The molecule has 0 atom stereocenters. The van der Waals surface area contributed by atoms with Crippen molar-refractivity contribution in [3.05, 3.63) is 53.1 Å². The Hall–Kier alpha value is -2.66. The van der Waals surface area contributed by atoms with Crippen molar-refractivity contribution >= 4 is 29.3 Å². The molecule has 3 rings (SSSR count). The Morgan fingerprint density at radius 3 is 2.87 bits per heavy atom. The van der Waals surface area contributed by atoms with Gasteiger partial charge in [0.15, 0.2) is 11.5 Å². The molecule has 0 aromatic heterocycles. The van der Waals surface area contributed by atoms with Crippen molar-refractivity contribution in [3.8, 4) is 17.2 Å². The van der Waals surface area contributed by atoms with Crippen LogP contribution in [-0.2, 0) is 4.79 Å². The van der Waals surface area contributed by atoms with Gasteiger partial charge >= 0.3 is 0 Å². The van der Waals surface area contributed by atoms with Crippen molar-refractivity contribution in [2.24, 2.45) is 0 Å². The van der Waals surface area contributed by atoms with Crippen LogP contribution in [-0.4, -0.2) is 24.2 Å². The van der Waals surface area contributed by atoms with E-state index in [1.54, 1.807) is 30.3 Å². The van der Waals surface area contributed by atoms with E-state index in [4.69, 9.17) is 21.1 Å². The molecule has 1 amide bonds. The van der Waals surface area contributed by atoms with E-state index in [1.807, 2.05) is 0 Å². The van der Waals surface area contributed by atoms with Gasteiger partial charge in [0.1, 0.15) is 19.0 Å². The fourth-order valence-electron chi connectivity index (χ4n) is 2.17. The van der Waals surface area contributed by atoms with Crippen LogP contribution in [0.1, 0.15) is 5.56 Å². The normalized spacial score (nSPS) is 13.1. The first-order chi connectivity index (χ1) is 11.1. The molecule has 1 aliphatic rings. The monoisotopic (exact) mass is 331 g/mol. The maximum Gasteiger partial charge on any atom is 0.248 e. The molecule has 0 aliphatic carbocycles. The standard InChI is InChI=1S/C17H14ClNO4/c18-14-8-11(9-15-17(14)23-7-6-22-15)4-5-16(21)19-12-2-1-3-13(20)10-12/h1-5,8-10,20H,6-7H2,(H,19,21)/b5-4+. The number of carbonyl (C=O) groups is 1. The third-order valence-corrected chi connectivity index (χ3v) is 3.44. The molecule has 23 heavy (non-hydrogen) atoms. The lowest BCUT2D eigenvalue weighted by Crippen LogP contribution is -2.15. The number of hydrogen-bond acceptors (Lipinski definition) is 4. The molecular formula is C17H14ClNO4. The van der Waals surface area contributed by atoms with Gasteiger partial charge in [-0.15, -0.1) is 0 Å². The smallest absolute Gasteiger partial charge is 0.248 e. The SMILES string of the molecule is O=C(/C=C/c1cc(Cl)c2c(c1)OCCO2)Nc1cccc(O)c1. The highest BCUT2D eigenvalue weighted by atomic mass is 35.5. The number of phenols is 1. The van der Waals surface area contributed by atoms with Gasteiger partial charge in [-0.2, -0.15) is 0 Å².